The van der Waals surface area contributed by atoms with Crippen LogP contribution >= 0.6 is 0 Å². The zero-order chi connectivity index (χ0) is 34.5. The van der Waals surface area contributed by atoms with Crippen molar-refractivity contribution in [3.8, 4) is 57.4 Å². The first kappa shape index (κ1) is 30.0. The molecular weight excluding hydrogens is 635 g/mol. The van der Waals surface area contributed by atoms with Crippen molar-refractivity contribution in [1.82, 2.24) is 20.0 Å². The zero-order valence-electron chi connectivity index (χ0n) is 25.7. The van der Waals surface area contributed by atoms with Gasteiger partial charge in [0.1, 0.15) is 34.3 Å². The summed E-state index contributed by atoms with van der Waals surface area (Å²) in [5, 5.41) is 40.2. The van der Waals surface area contributed by atoms with E-state index in [1.165, 1.54) is 29.1 Å². The predicted molar refractivity (Wildman–Crippen MR) is 182 cm³/mol. The van der Waals surface area contributed by atoms with Gasteiger partial charge in [-0.2, -0.15) is 20.6 Å². The lowest BCUT2D eigenvalue weighted by Crippen LogP contribution is -2.04. The highest BCUT2D eigenvalue weighted by molar-refractivity contribution is 6.23. The third kappa shape index (κ3) is 4.62. The van der Waals surface area contributed by atoms with Gasteiger partial charge >= 0.3 is 0 Å². The fraction of sp³-hybridized carbons (Fsp3) is 0. The molecule has 8 aromatic rings. The minimum absolute atomic E-state index is 0.0373. The van der Waals surface area contributed by atoms with Gasteiger partial charge < -0.3 is 0 Å². The van der Waals surface area contributed by atoms with E-state index in [0.717, 1.165) is 27.8 Å². The third-order valence-electron chi connectivity index (χ3n) is 8.61. The van der Waals surface area contributed by atoms with E-state index in [9.17, 15) is 20.2 Å². The third-order valence-corrected chi connectivity index (χ3v) is 8.61. The molecule has 0 amide bonds. The smallest absolute Gasteiger partial charge is 0.164 e. The maximum absolute atomic E-state index is 15.5. The van der Waals surface area contributed by atoms with E-state index in [1.54, 1.807) is 18.2 Å². The Bertz CT molecular complexity index is 2770. The fourth-order valence-electron chi connectivity index (χ4n) is 6.25. The van der Waals surface area contributed by atoms with Crippen LogP contribution in [0.15, 0.2) is 109 Å². The van der Waals surface area contributed by atoms with Crippen LogP contribution in [0, 0.1) is 51.4 Å². The number of hydrogen-bond donors (Lipinski definition) is 0. The van der Waals surface area contributed by atoms with Crippen molar-refractivity contribution in [3.63, 3.8) is 0 Å². The number of nitriles is 3. The summed E-state index contributed by atoms with van der Waals surface area (Å²) in [6, 6.07) is 37.4. The number of pyridine rings is 1. The normalized spacial score (nSPS) is 11.0. The molecule has 2 heterocycles. The van der Waals surface area contributed by atoms with Gasteiger partial charge in [-0.3, -0.25) is 0 Å². The SMILES string of the molecule is N#Cc1ccc(-c2cc3c(-c4ccccc4)nc4cc(-c5c(F)c(C#N)c(F)c(C#N)c5F)ccc4c3c3nn(-c4ccccc4)nc23)cc1. The molecule has 7 nitrogen and oxygen atoms in total. The Morgan fingerprint density at radius 3 is 1.82 bits per heavy atom. The van der Waals surface area contributed by atoms with Crippen LogP contribution in [0.3, 0.4) is 0 Å². The summed E-state index contributed by atoms with van der Waals surface area (Å²) < 4.78 is 45.8. The number of aromatic nitrogens is 4. The fourth-order valence-corrected chi connectivity index (χ4v) is 6.25. The number of fused-ring (bicyclic) bond motifs is 5. The highest BCUT2D eigenvalue weighted by atomic mass is 19.1. The first-order chi connectivity index (χ1) is 24.4. The molecular formula is C40H18F3N7. The Hall–Kier alpha value is -7.35. The van der Waals surface area contributed by atoms with Crippen molar-refractivity contribution in [2.24, 2.45) is 0 Å². The summed E-state index contributed by atoms with van der Waals surface area (Å²) in [6.07, 6.45) is 0. The summed E-state index contributed by atoms with van der Waals surface area (Å²) in [4.78, 5) is 6.55. The number of nitrogens with zero attached hydrogens (tertiary/aromatic N) is 7. The lowest BCUT2D eigenvalue weighted by atomic mass is 9.92. The molecule has 0 aliphatic heterocycles. The molecule has 0 N–H and O–H groups in total. The second-order valence-electron chi connectivity index (χ2n) is 11.4. The van der Waals surface area contributed by atoms with Crippen LogP contribution in [-0.4, -0.2) is 20.0 Å². The molecule has 0 bridgehead atoms. The Kier molecular flexibility index (Phi) is 7.03. The van der Waals surface area contributed by atoms with Crippen molar-refractivity contribution < 1.29 is 13.2 Å². The molecule has 0 saturated heterocycles. The highest BCUT2D eigenvalue weighted by Gasteiger charge is 2.27. The molecule has 0 spiro atoms. The van der Waals surface area contributed by atoms with Crippen LogP contribution in [0.2, 0.25) is 0 Å². The summed E-state index contributed by atoms with van der Waals surface area (Å²) in [7, 11) is 0. The summed E-state index contributed by atoms with van der Waals surface area (Å²) in [5.74, 6) is -4.37. The first-order valence-electron chi connectivity index (χ1n) is 15.2. The maximum Gasteiger partial charge on any atom is 0.164 e. The van der Waals surface area contributed by atoms with Crippen molar-refractivity contribution in [1.29, 1.82) is 15.8 Å². The largest absolute Gasteiger partial charge is 0.247 e. The van der Waals surface area contributed by atoms with E-state index in [4.69, 9.17) is 15.2 Å². The Balaban J connectivity index is 1.51. The average Bonchev–Trinajstić information content (AvgIpc) is 3.61. The minimum Gasteiger partial charge on any atom is -0.247 e. The van der Waals surface area contributed by atoms with E-state index in [2.05, 4.69) is 6.07 Å². The van der Waals surface area contributed by atoms with E-state index >= 15 is 8.78 Å². The molecule has 8 rings (SSSR count). The average molecular weight is 654 g/mol. The van der Waals surface area contributed by atoms with E-state index < -0.39 is 34.1 Å². The molecule has 0 aliphatic rings. The molecule has 50 heavy (non-hydrogen) atoms. The minimum atomic E-state index is -1.55. The summed E-state index contributed by atoms with van der Waals surface area (Å²) in [6.45, 7) is 0. The van der Waals surface area contributed by atoms with Gasteiger partial charge in [-0.1, -0.05) is 72.8 Å². The Morgan fingerprint density at radius 1 is 0.560 bits per heavy atom. The number of rotatable bonds is 4. The van der Waals surface area contributed by atoms with Crippen LogP contribution in [0.25, 0.3) is 71.9 Å². The second kappa shape index (κ2) is 11.7. The van der Waals surface area contributed by atoms with Crippen LogP contribution in [0.5, 0.6) is 0 Å². The van der Waals surface area contributed by atoms with Crippen LogP contribution in [0.4, 0.5) is 13.2 Å². The molecule has 0 aliphatic carbocycles. The first-order valence-corrected chi connectivity index (χ1v) is 15.2. The van der Waals surface area contributed by atoms with Crippen molar-refractivity contribution in [3.05, 3.63) is 143 Å². The molecule has 0 unspecified atom stereocenters. The van der Waals surface area contributed by atoms with E-state index in [1.807, 2.05) is 78.9 Å². The van der Waals surface area contributed by atoms with Crippen LogP contribution < -0.4 is 0 Å². The standard InChI is InChI=1S/C40H18F3N7/c41-35-30(20-45)36(42)33(37(43)31(35)21-46)25-15-16-27-32(17-25)47-38(24-7-3-1-4-8-24)29-18-28(23-13-11-22(19-44)12-14-23)39-40(34(27)29)49-50(48-39)26-9-5-2-6-10-26/h1-18H. The molecule has 6 aromatic carbocycles. The molecule has 10 heteroatoms. The number of hydrogen-bond acceptors (Lipinski definition) is 6. The van der Waals surface area contributed by atoms with Gasteiger partial charge in [0.15, 0.2) is 17.5 Å². The van der Waals surface area contributed by atoms with Gasteiger partial charge in [0.05, 0.1) is 34.1 Å². The van der Waals surface area contributed by atoms with Crippen molar-refractivity contribution in [2.75, 3.05) is 0 Å². The molecule has 0 saturated carbocycles. The maximum atomic E-state index is 15.5. The molecule has 0 atom stereocenters. The quantitative estimate of drug-likeness (QED) is 0.175. The molecule has 234 valence electrons. The van der Waals surface area contributed by atoms with Gasteiger partial charge in [-0.25, -0.2) is 18.2 Å². The predicted octanol–water partition coefficient (Wildman–Crippen LogP) is 9.16. The van der Waals surface area contributed by atoms with E-state index in [-0.39, 0.29) is 5.56 Å². The van der Waals surface area contributed by atoms with E-state index in [0.29, 0.717) is 38.6 Å². The molecule has 0 radical (unpaired) electrons. The summed E-state index contributed by atoms with van der Waals surface area (Å²) in [5.41, 5.74) is 2.65. The molecule has 0 fully saturated rings. The van der Waals surface area contributed by atoms with Gasteiger partial charge in [0.2, 0.25) is 0 Å². The zero-order valence-corrected chi connectivity index (χ0v) is 25.7. The number of benzene rings is 6. The van der Waals surface area contributed by atoms with Crippen molar-refractivity contribution in [2.45, 2.75) is 0 Å². The Morgan fingerprint density at radius 2 is 1.18 bits per heavy atom. The lowest BCUT2D eigenvalue weighted by molar-refractivity contribution is 0.539. The van der Waals surface area contributed by atoms with Crippen molar-refractivity contribution >= 4 is 32.7 Å². The number of halogens is 3. The molecule has 2 aromatic heterocycles. The highest BCUT2D eigenvalue weighted by Crippen LogP contribution is 2.42. The van der Waals surface area contributed by atoms with Crippen LogP contribution in [-0.2, 0) is 0 Å². The summed E-state index contributed by atoms with van der Waals surface area (Å²) >= 11 is 0. The van der Waals surface area contributed by atoms with Gasteiger partial charge in [0.25, 0.3) is 0 Å². The van der Waals surface area contributed by atoms with Gasteiger partial charge in [-0.05, 0) is 47.5 Å². The monoisotopic (exact) mass is 653 g/mol. The van der Waals surface area contributed by atoms with Gasteiger partial charge in [-0.15, -0.1) is 10.2 Å². The lowest BCUT2D eigenvalue weighted by Gasteiger charge is -2.15. The van der Waals surface area contributed by atoms with Gasteiger partial charge in [0, 0.05) is 27.3 Å². The second-order valence-corrected chi connectivity index (χ2v) is 11.4. The van der Waals surface area contributed by atoms with Crippen LogP contribution in [0.1, 0.15) is 16.7 Å². The Labute approximate surface area is 281 Å². The number of para-hydroxylation sites is 1. The topological polar surface area (TPSA) is 115 Å².